The van der Waals surface area contributed by atoms with E-state index in [4.69, 9.17) is 17.4 Å². The zero-order valence-electron chi connectivity index (χ0n) is 10.6. The van der Waals surface area contributed by atoms with Gasteiger partial charge in [-0.15, -0.1) is 0 Å². The zero-order valence-corrected chi connectivity index (χ0v) is 11.3. The molecule has 0 heterocycles. The van der Waals surface area contributed by atoms with Crippen molar-refractivity contribution in [2.24, 2.45) is 5.84 Å². The van der Waals surface area contributed by atoms with E-state index in [1.54, 1.807) is 0 Å². The molecule has 1 atom stereocenters. The van der Waals surface area contributed by atoms with Crippen molar-refractivity contribution < 1.29 is 13.2 Å². The lowest BCUT2D eigenvalue weighted by atomic mass is 9.97. The lowest BCUT2D eigenvalue weighted by Gasteiger charge is -2.19. The summed E-state index contributed by atoms with van der Waals surface area (Å²) in [6.07, 6.45) is 0. The summed E-state index contributed by atoms with van der Waals surface area (Å²) in [5.41, 5.74) is 2.92. The van der Waals surface area contributed by atoms with Crippen molar-refractivity contribution in [2.75, 3.05) is 0 Å². The number of hydrogen-bond acceptors (Lipinski definition) is 2. The molecular formula is C14H12ClF3N2. The molecule has 6 heteroatoms. The highest BCUT2D eigenvalue weighted by atomic mass is 35.5. The highest BCUT2D eigenvalue weighted by molar-refractivity contribution is 6.31. The SMILES string of the molecule is Cc1ccc(C(NN)c2ccc(F)cc2Cl)c(F)c1F. The number of nitrogens with two attached hydrogens (primary N) is 1. The standard InChI is InChI=1S/C14H12ClF3N2/c1-7-2-4-10(13(18)12(7)17)14(20-19)9-5-3-8(16)6-11(9)15/h2-6,14,20H,19H2,1H3. The van der Waals surface area contributed by atoms with Gasteiger partial charge in [0.1, 0.15) is 5.82 Å². The smallest absolute Gasteiger partial charge is 0.164 e. The normalized spacial score (nSPS) is 12.5. The fourth-order valence-corrected chi connectivity index (χ4v) is 2.24. The molecule has 0 saturated heterocycles. The van der Waals surface area contributed by atoms with Crippen molar-refractivity contribution >= 4 is 11.6 Å². The minimum Gasteiger partial charge on any atom is -0.271 e. The Kier molecular flexibility index (Phi) is 4.32. The number of halogens is 4. The molecular weight excluding hydrogens is 289 g/mol. The quantitative estimate of drug-likeness (QED) is 0.671. The Morgan fingerprint density at radius 3 is 2.30 bits per heavy atom. The Morgan fingerprint density at radius 2 is 1.70 bits per heavy atom. The van der Waals surface area contributed by atoms with Crippen LogP contribution in [0.2, 0.25) is 5.02 Å². The van der Waals surface area contributed by atoms with Crippen LogP contribution in [0, 0.1) is 24.4 Å². The molecule has 0 aromatic heterocycles. The van der Waals surface area contributed by atoms with Gasteiger partial charge in [-0.3, -0.25) is 5.84 Å². The summed E-state index contributed by atoms with van der Waals surface area (Å²) >= 11 is 5.92. The van der Waals surface area contributed by atoms with Gasteiger partial charge in [0.15, 0.2) is 11.6 Å². The minimum atomic E-state index is -1.01. The van der Waals surface area contributed by atoms with Crippen LogP contribution in [-0.4, -0.2) is 0 Å². The van der Waals surface area contributed by atoms with Crippen LogP contribution < -0.4 is 11.3 Å². The number of hydrazine groups is 1. The van der Waals surface area contributed by atoms with Gasteiger partial charge in [0.25, 0.3) is 0 Å². The minimum absolute atomic E-state index is 0.00380. The van der Waals surface area contributed by atoms with Crippen molar-refractivity contribution in [3.8, 4) is 0 Å². The summed E-state index contributed by atoms with van der Waals surface area (Å²) in [5, 5.41) is 0.0772. The Labute approximate surface area is 119 Å². The van der Waals surface area contributed by atoms with E-state index < -0.39 is 23.5 Å². The third-order valence-corrected chi connectivity index (χ3v) is 3.38. The maximum absolute atomic E-state index is 14.0. The van der Waals surface area contributed by atoms with Crippen molar-refractivity contribution in [3.63, 3.8) is 0 Å². The lowest BCUT2D eigenvalue weighted by molar-refractivity contribution is 0.478. The average Bonchev–Trinajstić information content (AvgIpc) is 2.41. The summed E-state index contributed by atoms with van der Waals surface area (Å²) in [4.78, 5) is 0. The first kappa shape index (κ1) is 14.8. The van der Waals surface area contributed by atoms with Crippen LogP contribution in [0.1, 0.15) is 22.7 Å². The fraction of sp³-hybridized carbons (Fsp3) is 0.143. The zero-order chi connectivity index (χ0) is 14.9. The molecule has 2 nitrogen and oxygen atoms in total. The molecule has 0 aliphatic rings. The second-order valence-corrected chi connectivity index (χ2v) is 4.77. The molecule has 0 radical (unpaired) electrons. The van der Waals surface area contributed by atoms with Gasteiger partial charge < -0.3 is 0 Å². The first-order chi connectivity index (χ1) is 9.45. The van der Waals surface area contributed by atoms with E-state index in [-0.39, 0.29) is 16.1 Å². The molecule has 2 rings (SSSR count). The summed E-state index contributed by atoms with van der Waals surface area (Å²) in [6, 6.07) is 5.61. The van der Waals surface area contributed by atoms with Crippen molar-refractivity contribution in [1.29, 1.82) is 0 Å². The maximum atomic E-state index is 14.0. The third-order valence-electron chi connectivity index (χ3n) is 3.06. The third kappa shape index (κ3) is 2.65. The van der Waals surface area contributed by atoms with Gasteiger partial charge >= 0.3 is 0 Å². The van der Waals surface area contributed by atoms with Gasteiger partial charge in [0, 0.05) is 10.6 Å². The molecule has 2 aromatic carbocycles. The molecule has 0 aliphatic carbocycles. The van der Waals surface area contributed by atoms with Crippen LogP contribution in [0.15, 0.2) is 30.3 Å². The van der Waals surface area contributed by atoms with Crippen LogP contribution in [-0.2, 0) is 0 Å². The average molecular weight is 301 g/mol. The van der Waals surface area contributed by atoms with Crippen LogP contribution in [0.4, 0.5) is 13.2 Å². The predicted octanol–water partition coefficient (Wildman–Crippen LogP) is 3.62. The molecule has 0 fully saturated rings. The number of benzene rings is 2. The first-order valence-corrected chi connectivity index (χ1v) is 6.19. The largest absolute Gasteiger partial charge is 0.271 e. The van der Waals surface area contributed by atoms with Gasteiger partial charge in [-0.25, -0.2) is 18.6 Å². The van der Waals surface area contributed by atoms with Gasteiger partial charge in [0.05, 0.1) is 6.04 Å². The van der Waals surface area contributed by atoms with Crippen molar-refractivity contribution in [3.05, 3.63) is 69.5 Å². The Morgan fingerprint density at radius 1 is 1.05 bits per heavy atom. The van der Waals surface area contributed by atoms with E-state index in [1.807, 2.05) is 0 Å². The van der Waals surface area contributed by atoms with Crippen molar-refractivity contribution in [1.82, 2.24) is 5.43 Å². The molecule has 0 amide bonds. The van der Waals surface area contributed by atoms with Crippen LogP contribution in [0.25, 0.3) is 0 Å². The van der Waals surface area contributed by atoms with E-state index in [0.29, 0.717) is 5.56 Å². The molecule has 3 N–H and O–H groups in total. The van der Waals surface area contributed by atoms with E-state index in [0.717, 1.165) is 6.07 Å². The van der Waals surface area contributed by atoms with Crippen molar-refractivity contribution in [2.45, 2.75) is 13.0 Å². The Hall–Kier alpha value is -1.56. The highest BCUT2D eigenvalue weighted by Crippen LogP contribution is 2.31. The topological polar surface area (TPSA) is 38.0 Å². The molecule has 20 heavy (non-hydrogen) atoms. The van der Waals surface area contributed by atoms with Gasteiger partial charge in [-0.2, -0.15) is 0 Å². The second kappa shape index (κ2) is 5.83. The van der Waals surface area contributed by atoms with Gasteiger partial charge in [0.2, 0.25) is 0 Å². The summed E-state index contributed by atoms with van der Waals surface area (Å²) in [5.74, 6) is 2.94. The van der Waals surface area contributed by atoms with Gasteiger partial charge in [-0.1, -0.05) is 29.8 Å². The molecule has 0 bridgehead atoms. The fourth-order valence-electron chi connectivity index (χ4n) is 1.97. The number of aryl methyl sites for hydroxylation is 1. The second-order valence-electron chi connectivity index (χ2n) is 4.37. The maximum Gasteiger partial charge on any atom is 0.164 e. The molecule has 0 aliphatic heterocycles. The summed E-state index contributed by atoms with van der Waals surface area (Å²) in [6.45, 7) is 1.46. The number of hydrogen-bond donors (Lipinski definition) is 2. The van der Waals surface area contributed by atoms with E-state index in [9.17, 15) is 13.2 Å². The first-order valence-electron chi connectivity index (χ1n) is 5.81. The van der Waals surface area contributed by atoms with E-state index >= 15 is 0 Å². The van der Waals surface area contributed by atoms with Gasteiger partial charge in [-0.05, 0) is 30.2 Å². The predicted molar refractivity (Wildman–Crippen MR) is 71.7 cm³/mol. The van der Waals surface area contributed by atoms with Crippen LogP contribution >= 0.6 is 11.6 Å². The molecule has 2 aromatic rings. The lowest BCUT2D eigenvalue weighted by Crippen LogP contribution is -2.30. The summed E-state index contributed by atoms with van der Waals surface area (Å²) in [7, 11) is 0. The number of nitrogens with one attached hydrogen (secondary N) is 1. The Balaban J connectivity index is 2.55. The van der Waals surface area contributed by atoms with E-state index in [2.05, 4.69) is 5.43 Å². The molecule has 0 spiro atoms. The highest BCUT2D eigenvalue weighted by Gasteiger charge is 2.22. The monoisotopic (exact) mass is 300 g/mol. The molecule has 0 saturated carbocycles. The number of rotatable bonds is 3. The van der Waals surface area contributed by atoms with Crippen LogP contribution in [0.5, 0.6) is 0 Å². The Bertz CT molecular complexity index is 647. The van der Waals surface area contributed by atoms with E-state index in [1.165, 1.54) is 31.2 Å². The summed E-state index contributed by atoms with van der Waals surface area (Å²) < 4.78 is 40.7. The molecule has 106 valence electrons. The van der Waals surface area contributed by atoms with Crippen LogP contribution in [0.3, 0.4) is 0 Å². The molecule has 1 unspecified atom stereocenters.